The van der Waals surface area contributed by atoms with Crippen LogP contribution in [0.1, 0.15) is 0 Å². The number of hydrogen-bond donors (Lipinski definition) is 3. The fourth-order valence-corrected chi connectivity index (χ4v) is 1.30. The van der Waals surface area contributed by atoms with Crippen molar-refractivity contribution in [1.29, 1.82) is 0 Å². The molecular weight excluding hydrogens is 133 g/mol. The van der Waals surface area contributed by atoms with E-state index in [2.05, 4.69) is 4.52 Å². The largest absolute Gasteiger partial charge is 0.405 e. The molecule has 0 saturated carbocycles. The van der Waals surface area contributed by atoms with Crippen LogP contribution in [0.3, 0.4) is 0 Å². The molecule has 5 nitrogen and oxygen atoms in total. The van der Waals surface area contributed by atoms with Crippen molar-refractivity contribution in [1.82, 2.24) is 5.09 Å². The van der Waals surface area contributed by atoms with Crippen molar-refractivity contribution in [2.24, 2.45) is 0 Å². The SMILES string of the molecule is O=P1(O)N[C@@H](O)CO1. The van der Waals surface area contributed by atoms with Crippen molar-refractivity contribution < 1.29 is 19.1 Å². The Bertz CT molecular complexity index is 136. The minimum atomic E-state index is -3.60. The van der Waals surface area contributed by atoms with Gasteiger partial charge in [0.2, 0.25) is 0 Å². The zero-order valence-electron chi connectivity index (χ0n) is 3.94. The van der Waals surface area contributed by atoms with Crippen molar-refractivity contribution in [3.05, 3.63) is 0 Å². The molecule has 1 rings (SSSR count). The molecule has 1 unspecified atom stereocenters. The Hall–Kier alpha value is 0.0700. The van der Waals surface area contributed by atoms with Gasteiger partial charge < -0.3 is 10.00 Å². The van der Waals surface area contributed by atoms with Gasteiger partial charge in [-0.3, -0.25) is 4.52 Å². The monoisotopic (exact) mass is 139 g/mol. The Kier molecular flexibility index (Phi) is 1.38. The molecule has 0 radical (unpaired) electrons. The van der Waals surface area contributed by atoms with Gasteiger partial charge in [0, 0.05) is 0 Å². The van der Waals surface area contributed by atoms with Gasteiger partial charge in [0.25, 0.3) is 0 Å². The van der Waals surface area contributed by atoms with Gasteiger partial charge in [0.1, 0.15) is 6.23 Å². The molecule has 48 valence electrons. The third-order valence-electron chi connectivity index (χ3n) is 0.720. The van der Waals surface area contributed by atoms with Crippen molar-refractivity contribution in [2.45, 2.75) is 6.23 Å². The van der Waals surface area contributed by atoms with Gasteiger partial charge in [-0.2, -0.15) is 5.09 Å². The van der Waals surface area contributed by atoms with Crippen LogP contribution in [0.5, 0.6) is 0 Å². The van der Waals surface area contributed by atoms with E-state index in [4.69, 9.17) is 10.00 Å². The van der Waals surface area contributed by atoms with E-state index in [1.165, 1.54) is 0 Å². The van der Waals surface area contributed by atoms with E-state index in [0.29, 0.717) is 0 Å². The Labute approximate surface area is 45.9 Å². The fourth-order valence-electron chi connectivity index (χ4n) is 0.434. The second-order valence-corrected chi connectivity index (χ2v) is 3.02. The van der Waals surface area contributed by atoms with E-state index in [0.717, 1.165) is 0 Å². The first-order valence-corrected chi connectivity index (χ1v) is 3.61. The third-order valence-corrected chi connectivity index (χ3v) is 1.84. The molecular formula is C2H6NO4P. The predicted octanol–water partition coefficient (Wildman–Crippen LogP) is -0.975. The number of rotatable bonds is 0. The average molecular weight is 139 g/mol. The Morgan fingerprint density at radius 1 is 1.88 bits per heavy atom. The highest BCUT2D eigenvalue weighted by Crippen LogP contribution is 2.41. The summed E-state index contributed by atoms with van der Waals surface area (Å²) < 4.78 is 14.5. The molecule has 0 amide bonds. The molecule has 1 heterocycles. The van der Waals surface area contributed by atoms with Gasteiger partial charge in [-0.25, -0.2) is 4.57 Å². The molecule has 0 aromatic carbocycles. The molecule has 3 N–H and O–H groups in total. The Morgan fingerprint density at radius 2 is 2.50 bits per heavy atom. The van der Waals surface area contributed by atoms with Crippen LogP contribution in [-0.2, 0) is 9.09 Å². The van der Waals surface area contributed by atoms with Gasteiger partial charge in [0.15, 0.2) is 0 Å². The number of aliphatic hydroxyl groups is 1. The van der Waals surface area contributed by atoms with Crippen molar-refractivity contribution in [3.8, 4) is 0 Å². The second-order valence-electron chi connectivity index (χ2n) is 1.46. The standard InChI is InChI=1S/C2H6NO4P/c4-2-1-7-8(5,6)3-2/h2,4H,1H2,(H2,3,5,6)/t2-/m0/s1. The lowest BCUT2D eigenvalue weighted by Crippen LogP contribution is -2.19. The van der Waals surface area contributed by atoms with Crippen LogP contribution < -0.4 is 5.09 Å². The van der Waals surface area contributed by atoms with Crippen LogP contribution in [0.15, 0.2) is 0 Å². The van der Waals surface area contributed by atoms with Crippen LogP contribution in [0.2, 0.25) is 0 Å². The number of hydrogen-bond acceptors (Lipinski definition) is 3. The second kappa shape index (κ2) is 1.79. The van der Waals surface area contributed by atoms with Crippen molar-refractivity contribution in [2.75, 3.05) is 6.61 Å². The van der Waals surface area contributed by atoms with Gasteiger partial charge >= 0.3 is 7.75 Å². The first-order chi connectivity index (χ1) is 3.60. The molecule has 6 heteroatoms. The van der Waals surface area contributed by atoms with E-state index in [-0.39, 0.29) is 6.61 Å². The minimum Gasteiger partial charge on any atom is -0.376 e. The van der Waals surface area contributed by atoms with Crippen molar-refractivity contribution in [3.63, 3.8) is 0 Å². The topological polar surface area (TPSA) is 78.8 Å². The maximum atomic E-state index is 10.3. The molecule has 0 aromatic heterocycles. The van der Waals surface area contributed by atoms with E-state index in [1.54, 1.807) is 0 Å². The molecule has 1 fully saturated rings. The van der Waals surface area contributed by atoms with Crippen LogP contribution in [0, 0.1) is 0 Å². The smallest absolute Gasteiger partial charge is 0.376 e. The molecule has 0 aromatic rings. The summed E-state index contributed by atoms with van der Waals surface area (Å²) in [5, 5.41) is 10.4. The molecule has 1 aliphatic heterocycles. The highest BCUT2D eigenvalue weighted by Gasteiger charge is 2.30. The maximum Gasteiger partial charge on any atom is 0.405 e. The summed E-state index contributed by atoms with van der Waals surface area (Å²) in [5.74, 6) is 0. The number of aliphatic hydroxyl groups excluding tert-OH is 1. The zero-order chi connectivity index (χ0) is 6.20. The predicted molar refractivity (Wildman–Crippen MR) is 24.9 cm³/mol. The lowest BCUT2D eigenvalue weighted by atomic mass is 10.7. The summed E-state index contributed by atoms with van der Waals surface area (Å²) in [5.41, 5.74) is 0. The fraction of sp³-hybridized carbons (Fsp3) is 1.00. The summed E-state index contributed by atoms with van der Waals surface area (Å²) in [6.45, 7) is -0.117. The molecule has 0 spiro atoms. The van der Waals surface area contributed by atoms with Gasteiger partial charge in [-0.05, 0) is 0 Å². The van der Waals surface area contributed by atoms with Crippen molar-refractivity contribution >= 4 is 7.75 Å². The third kappa shape index (κ3) is 1.27. The molecule has 8 heavy (non-hydrogen) atoms. The molecule has 1 aliphatic rings. The summed E-state index contributed by atoms with van der Waals surface area (Å²) in [7, 11) is -3.60. The molecule has 2 atom stereocenters. The van der Waals surface area contributed by atoms with Crippen LogP contribution in [0.4, 0.5) is 0 Å². The van der Waals surface area contributed by atoms with Crippen LogP contribution in [-0.4, -0.2) is 22.8 Å². The quantitative estimate of drug-likeness (QED) is 0.376. The normalized spacial score (nSPS) is 47.5. The van der Waals surface area contributed by atoms with E-state index >= 15 is 0 Å². The Morgan fingerprint density at radius 3 is 2.62 bits per heavy atom. The average Bonchev–Trinajstić information content (AvgIpc) is 1.82. The van der Waals surface area contributed by atoms with E-state index in [9.17, 15) is 4.57 Å². The van der Waals surface area contributed by atoms with Gasteiger partial charge in [0.05, 0.1) is 6.61 Å². The summed E-state index contributed by atoms with van der Waals surface area (Å²) >= 11 is 0. The van der Waals surface area contributed by atoms with Crippen LogP contribution in [0.25, 0.3) is 0 Å². The number of nitrogens with one attached hydrogen (secondary N) is 1. The molecule has 1 saturated heterocycles. The minimum absolute atomic E-state index is 0.117. The first-order valence-electron chi connectivity index (χ1n) is 2.03. The van der Waals surface area contributed by atoms with E-state index < -0.39 is 14.0 Å². The summed E-state index contributed by atoms with van der Waals surface area (Å²) in [6.07, 6.45) is -0.995. The molecule has 0 bridgehead atoms. The Balaban J connectivity index is 2.57. The first kappa shape index (κ1) is 6.19. The van der Waals surface area contributed by atoms with Gasteiger partial charge in [-0.1, -0.05) is 0 Å². The highest BCUT2D eigenvalue weighted by atomic mass is 31.2. The van der Waals surface area contributed by atoms with E-state index in [1.807, 2.05) is 5.09 Å². The molecule has 0 aliphatic carbocycles. The maximum absolute atomic E-state index is 10.3. The summed E-state index contributed by atoms with van der Waals surface area (Å²) in [4.78, 5) is 8.43. The zero-order valence-corrected chi connectivity index (χ0v) is 4.84. The summed E-state index contributed by atoms with van der Waals surface area (Å²) in [6, 6.07) is 0. The lowest BCUT2D eigenvalue weighted by molar-refractivity contribution is 0.135. The van der Waals surface area contributed by atoms with Crippen LogP contribution >= 0.6 is 7.75 Å². The van der Waals surface area contributed by atoms with Gasteiger partial charge in [-0.15, -0.1) is 0 Å². The highest BCUT2D eigenvalue weighted by molar-refractivity contribution is 7.50. The lowest BCUT2D eigenvalue weighted by Gasteiger charge is -1.98.